The molecule has 1 saturated carbocycles. The molecule has 0 radical (unpaired) electrons. The fourth-order valence-electron chi connectivity index (χ4n) is 4.42. The average molecular weight is 355 g/mol. The van der Waals surface area contributed by atoms with Crippen LogP contribution in [0.2, 0.25) is 0 Å². The molecule has 0 N–H and O–H groups in total. The Labute approximate surface area is 163 Å². The molecule has 0 aromatic heterocycles. The summed E-state index contributed by atoms with van der Waals surface area (Å²) < 4.78 is 0. The van der Waals surface area contributed by atoms with Gasteiger partial charge in [0, 0.05) is 0 Å². The number of hydrogen-bond donors (Lipinski definition) is 0. The zero-order valence-electron chi connectivity index (χ0n) is 17.5. The molecule has 1 aromatic rings. The molecule has 0 heteroatoms. The van der Waals surface area contributed by atoms with E-state index in [2.05, 4.69) is 50.3 Å². The zero-order chi connectivity index (χ0) is 18.5. The predicted octanol–water partition coefficient (Wildman–Crippen LogP) is 8.60. The Balaban J connectivity index is 1.59. The van der Waals surface area contributed by atoms with Crippen LogP contribution in [0.4, 0.5) is 0 Å². The van der Waals surface area contributed by atoms with Gasteiger partial charge in [-0.3, -0.25) is 0 Å². The summed E-state index contributed by atoms with van der Waals surface area (Å²) in [7, 11) is 0. The maximum absolute atomic E-state index is 2.40. The fourth-order valence-corrected chi connectivity index (χ4v) is 4.42. The molecule has 1 fully saturated rings. The van der Waals surface area contributed by atoms with Gasteiger partial charge in [0.15, 0.2) is 0 Å². The Hall–Kier alpha value is -1.04. The lowest BCUT2D eigenvalue weighted by atomic mass is 9.78. The highest BCUT2D eigenvalue weighted by Gasteiger charge is 2.19. The van der Waals surface area contributed by atoms with Crippen LogP contribution in [0.1, 0.15) is 108 Å². The lowest BCUT2D eigenvalue weighted by molar-refractivity contribution is 0.250. The number of aryl methyl sites for hydroxylation is 1. The van der Waals surface area contributed by atoms with Gasteiger partial charge in [-0.15, -0.1) is 0 Å². The van der Waals surface area contributed by atoms with Crippen molar-refractivity contribution in [2.45, 2.75) is 104 Å². The lowest BCUT2D eigenvalue weighted by Crippen LogP contribution is -2.14. The monoisotopic (exact) mass is 354 g/mol. The van der Waals surface area contributed by atoms with E-state index < -0.39 is 0 Å². The third-order valence-corrected chi connectivity index (χ3v) is 6.28. The van der Waals surface area contributed by atoms with Crippen LogP contribution in [0.5, 0.6) is 0 Å². The molecular weight excluding hydrogens is 312 g/mol. The molecule has 1 aliphatic carbocycles. The minimum Gasteiger partial charge on any atom is -0.0839 e. The molecule has 2 rings (SSSR count). The minimum absolute atomic E-state index is 0.989. The van der Waals surface area contributed by atoms with E-state index in [9.17, 15) is 0 Å². The van der Waals surface area contributed by atoms with E-state index in [1.54, 1.807) is 0 Å². The van der Waals surface area contributed by atoms with Crippen molar-refractivity contribution in [2.24, 2.45) is 11.8 Å². The van der Waals surface area contributed by atoms with Crippen molar-refractivity contribution in [1.82, 2.24) is 0 Å². The molecule has 0 amide bonds. The second-order valence-corrected chi connectivity index (χ2v) is 8.56. The quantitative estimate of drug-likeness (QED) is 0.330. The van der Waals surface area contributed by atoms with Crippen LogP contribution in [0.15, 0.2) is 30.3 Å². The van der Waals surface area contributed by atoms with Gasteiger partial charge in [-0.05, 0) is 48.6 Å². The van der Waals surface area contributed by atoms with Crippen molar-refractivity contribution in [3.63, 3.8) is 0 Å². The van der Waals surface area contributed by atoms with Gasteiger partial charge < -0.3 is 0 Å². The Morgan fingerprint density at radius 3 is 2.04 bits per heavy atom. The molecule has 1 aromatic carbocycles. The molecule has 0 saturated heterocycles. The van der Waals surface area contributed by atoms with Gasteiger partial charge in [0.25, 0.3) is 0 Å². The Morgan fingerprint density at radius 2 is 1.38 bits per heavy atom. The summed E-state index contributed by atoms with van der Waals surface area (Å²) in [6.07, 6.45) is 24.3. The molecular formula is C26H42. The van der Waals surface area contributed by atoms with Gasteiger partial charge >= 0.3 is 0 Å². The van der Waals surface area contributed by atoms with E-state index in [0.717, 1.165) is 11.8 Å². The summed E-state index contributed by atoms with van der Waals surface area (Å²) in [6.45, 7) is 4.58. The van der Waals surface area contributed by atoms with Crippen LogP contribution in [-0.2, 0) is 6.42 Å². The maximum atomic E-state index is 2.40. The van der Waals surface area contributed by atoms with Crippen molar-refractivity contribution in [3.8, 4) is 0 Å². The summed E-state index contributed by atoms with van der Waals surface area (Å²) >= 11 is 0. The Kier molecular flexibility index (Phi) is 10.8. The first kappa shape index (κ1) is 21.3. The molecule has 1 aliphatic rings. The van der Waals surface area contributed by atoms with Crippen molar-refractivity contribution >= 4 is 6.08 Å². The second-order valence-electron chi connectivity index (χ2n) is 8.56. The lowest BCUT2D eigenvalue weighted by Gasteiger charge is -2.28. The van der Waals surface area contributed by atoms with Gasteiger partial charge in [-0.25, -0.2) is 0 Å². The zero-order valence-corrected chi connectivity index (χ0v) is 17.5. The summed E-state index contributed by atoms with van der Waals surface area (Å²) in [5.74, 6) is 2.03. The molecule has 0 unspecified atom stereocenters. The summed E-state index contributed by atoms with van der Waals surface area (Å²) in [5.41, 5.74) is 2.86. The molecule has 0 heterocycles. The average Bonchev–Trinajstić information content (AvgIpc) is 2.68. The molecule has 0 bridgehead atoms. The maximum Gasteiger partial charge on any atom is -0.0260 e. The van der Waals surface area contributed by atoms with Gasteiger partial charge in [-0.2, -0.15) is 0 Å². The number of allylic oxidation sites excluding steroid dienone is 1. The minimum atomic E-state index is 0.989. The molecule has 0 nitrogen and oxygen atoms in total. The highest BCUT2D eigenvalue weighted by molar-refractivity contribution is 5.49. The van der Waals surface area contributed by atoms with Gasteiger partial charge in [0.05, 0.1) is 0 Å². The van der Waals surface area contributed by atoms with Crippen molar-refractivity contribution in [3.05, 3.63) is 41.5 Å². The summed E-state index contributed by atoms with van der Waals surface area (Å²) in [6, 6.07) is 9.21. The van der Waals surface area contributed by atoms with Crippen LogP contribution in [0, 0.1) is 11.8 Å². The first-order valence-electron chi connectivity index (χ1n) is 11.6. The van der Waals surface area contributed by atoms with Crippen LogP contribution in [0.3, 0.4) is 0 Å². The SMILES string of the molecule is CCCCCc1ccc(/C=C\CCC2CCC(CCCCC)CC2)cc1. The van der Waals surface area contributed by atoms with Crippen molar-refractivity contribution in [2.75, 3.05) is 0 Å². The third-order valence-electron chi connectivity index (χ3n) is 6.28. The van der Waals surface area contributed by atoms with E-state index in [1.165, 1.54) is 101 Å². The second kappa shape index (κ2) is 13.2. The number of hydrogen-bond acceptors (Lipinski definition) is 0. The predicted molar refractivity (Wildman–Crippen MR) is 118 cm³/mol. The number of benzene rings is 1. The van der Waals surface area contributed by atoms with E-state index in [1.807, 2.05) is 0 Å². The third kappa shape index (κ3) is 8.56. The molecule has 0 aliphatic heterocycles. The standard InChI is InChI=1S/C26H42/c1-3-5-7-11-23-15-19-25(20-16-23)13-9-10-14-26-21-17-24(18-22-26)12-8-6-4-2/h9,13,15-16,19-20,24,26H,3-8,10-12,14,17-18,21-22H2,1-2H3/b13-9-. The number of unbranched alkanes of at least 4 members (excludes halogenated alkanes) is 4. The highest BCUT2D eigenvalue weighted by Crippen LogP contribution is 2.34. The summed E-state index contributed by atoms with van der Waals surface area (Å²) in [5, 5.41) is 0. The Bertz CT molecular complexity index is 473. The fraction of sp³-hybridized carbons (Fsp3) is 0.692. The first-order chi connectivity index (χ1) is 12.8. The van der Waals surface area contributed by atoms with Gasteiger partial charge in [0.2, 0.25) is 0 Å². The van der Waals surface area contributed by atoms with Crippen LogP contribution in [0.25, 0.3) is 6.08 Å². The topological polar surface area (TPSA) is 0 Å². The largest absolute Gasteiger partial charge is 0.0839 e. The molecule has 26 heavy (non-hydrogen) atoms. The van der Waals surface area contributed by atoms with Crippen molar-refractivity contribution < 1.29 is 0 Å². The van der Waals surface area contributed by atoms with Crippen LogP contribution >= 0.6 is 0 Å². The molecule has 0 atom stereocenters. The van der Waals surface area contributed by atoms with Gasteiger partial charge in [-0.1, -0.05) is 114 Å². The van der Waals surface area contributed by atoms with E-state index in [4.69, 9.17) is 0 Å². The van der Waals surface area contributed by atoms with Gasteiger partial charge in [0.1, 0.15) is 0 Å². The first-order valence-corrected chi connectivity index (χ1v) is 11.6. The molecule has 0 spiro atoms. The number of rotatable bonds is 12. The van der Waals surface area contributed by atoms with E-state index in [0.29, 0.717) is 0 Å². The van der Waals surface area contributed by atoms with E-state index in [-0.39, 0.29) is 0 Å². The van der Waals surface area contributed by atoms with Crippen molar-refractivity contribution in [1.29, 1.82) is 0 Å². The summed E-state index contributed by atoms with van der Waals surface area (Å²) in [4.78, 5) is 0. The highest BCUT2D eigenvalue weighted by atomic mass is 14.3. The smallest absolute Gasteiger partial charge is 0.0260 e. The Morgan fingerprint density at radius 1 is 0.769 bits per heavy atom. The molecule has 146 valence electrons. The normalized spacial score (nSPS) is 20.7. The van der Waals surface area contributed by atoms with Crippen LogP contribution < -0.4 is 0 Å². The van der Waals surface area contributed by atoms with Crippen LogP contribution in [-0.4, -0.2) is 0 Å². The van der Waals surface area contributed by atoms with E-state index >= 15 is 0 Å².